The van der Waals surface area contributed by atoms with E-state index in [1.54, 1.807) is 20.8 Å². The molecule has 1 atom stereocenters. The number of halogens is 3. The first kappa shape index (κ1) is 20.0. The second kappa shape index (κ2) is 6.71. The first-order chi connectivity index (χ1) is 12.9. The number of carbonyl (C=O) groups is 2. The molecule has 1 saturated heterocycles. The van der Waals surface area contributed by atoms with E-state index in [9.17, 15) is 27.9 Å². The predicted molar refractivity (Wildman–Crippen MR) is 90.5 cm³/mol. The highest BCUT2D eigenvalue weighted by molar-refractivity contribution is 5.80. The number of aliphatic carboxylic acids is 1. The van der Waals surface area contributed by atoms with Gasteiger partial charge in [-0.05, 0) is 39.2 Å². The first-order valence-corrected chi connectivity index (χ1v) is 8.73. The Hall–Kier alpha value is -2.72. The van der Waals surface area contributed by atoms with Crippen molar-refractivity contribution in [3.05, 3.63) is 22.8 Å². The quantitative estimate of drug-likeness (QED) is 0.844. The zero-order valence-electron chi connectivity index (χ0n) is 15.7. The molecule has 0 spiro atoms. The SMILES string of the molecule is Cc1nc2nc(C(F)(F)F)nn2c(C)c1CCC(=O)N1CCC(C)(C(=O)O)C1. The topological polar surface area (TPSA) is 101 Å². The van der Waals surface area contributed by atoms with Crippen LogP contribution in [0.15, 0.2) is 0 Å². The molecule has 1 unspecified atom stereocenters. The summed E-state index contributed by atoms with van der Waals surface area (Å²) in [6.45, 7) is 5.38. The number of aryl methyl sites for hydroxylation is 2. The number of amides is 1. The highest BCUT2D eigenvalue weighted by atomic mass is 19.4. The molecule has 3 heterocycles. The molecule has 0 bridgehead atoms. The molecule has 152 valence electrons. The molecular formula is C17H20F3N5O3. The van der Waals surface area contributed by atoms with E-state index in [4.69, 9.17) is 0 Å². The van der Waals surface area contributed by atoms with Crippen LogP contribution in [0.5, 0.6) is 0 Å². The van der Waals surface area contributed by atoms with Crippen LogP contribution in [0.4, 0.5) is 13.2 Å². The van der Waals surface area contributed by atoms with Crippen molar-refractivity contribution in [1.82, 2.24) is 24.5 Å². The second-order valence-electron chi connectivity index (χ2n) is 7.34. The fourth-order valence-corrected chi connectivity index (χ4v) is 3.43. The van der Waals surface area contributed by atoms with Crippen LogP contribution < -0.4 is 0 Å². The van der Waals surface area contributed by atoms with Gasteiger partial charge < -0.3 is 10.0 Å². The van der Waals surface area contributed by atoms with Crippen molar-refractivity contribution in [2.45, 2.75) is 46.2 Å². The van der Waals surface area contributed by atoms with E-state index in [0.29, 0.717) is 29.9 Å². The fraction of sp³-hybridized carbons (Fsp3) is 0.588. The summed E-state index contributed by atoms with van der Waals surface area (Å²) in [4.78, 5) is 32.8. The lowest BCUT2D eigenvalue weighted by Crippen LogP contribution is -2.35. The van der Waals surface area contributed by atoms with Crippen LogP contribution in [0.25, 0.3) is 5.78 Å². The lowest BCUT2D eigenvalue weighted by atomic mass is 9.90. The maximum Gasteiger partial charge on any atom is 0.453 e. The number of rotatable bonds is 4. The van der Waals surface area contributed by atoms with Crippen molar-refractivity contribution in [2.24, 2.45) is 5.41 Å². The van der Waals surface area contributed by atoms with Crippen molar-refractivity contribution in [1.29, 1.82) is 0 Å². The van der Waals surface area contributed by atoms with Gasteiger partial charge in [0.05, 0.1) is 5.41 Å². The normalized spacial score (nSPS) is 20.1. The van der Waals surface area contributed by atoms with E-state index in [1.165, 1.54) is 4.90 Å². The molecule has 11 heteroatoms. The third-order valence-electron chi connectivity index (χ3n) is 5.23. The molecule has 1 aliphatic rings. The molecule has 1 amide bonds. The summed E-state index contributed by atoms with van der Waals surface area (Å²) in [5, 5.41) is 12.8. The molecule has 3 rings (SSSR count). The minimum Gasteiger partial charge on any atom is -0.481 e. The lowest BCUT2D eigenvalue weighted by molar-refractivity contribution is -0.147. The van der Waals surface area contributed by atoms with E-state index < -0.39 is 23.4 Å². The van der Waals surface area contributed by atoms with Crippen LogP contribution >= 0.6 is 0 Å². The van der Waals surface area contributed by atoms with E-state index in [1.807, 2.05) is 0 Å². The Morgan fingerprint density at radius 1 is 1.25 bits per heavy atom. The Bertz CT molecular complexity index is 956. The smallest absolute Gasteiger partial charge is 0.453 e. The summed E-state index contributed by atoms with van der Waals surface area (Å²) in [6.07, 6.45) is -3.91. The first-order valence-electron chi connectivity index (χ1n) is 8.73. The van der Waals surface area contributed by atoms with Crippen molar-refractivity contribution >= 4 is 17.7 Å². The van der Waals surface area contributed by atoms with Gasteiger partial charge in [-0.1, -0.05) is 0 Å². The number of carboxylic acids is 1. The standard InChI is InChI=1S/C17H20F3N5O3/c1-9-11(4-5-12(26)24-7-6-16(3,8-24)14(27)28)10(2)25-15(21-9)22-13(23-25)17(18,19)20/h4-8H2,1-3H3,(H,27,28). The van der Waals surface area contributed by atoms with Gasteiger partial charge in [-0.25, -0.2) is 9.50 Å². The molecule has 1 N–H and O–H groups in total. The number of carbonyl (C=O) groups excluding carboxylic acids is 1. The number of hydrogen-bond acceptors (Lipinski definition) is 5. The molecule has 1 aliphatic heterocycles. The number of hydrogen-bond donors (Lipinski definition) is 1. The number of fused-ring (bicyclic) bond motifs is 1. The molecule has 0 saturated carbocycles. The molecule has 0 aliphatic carbocycles. The summed E-state index contributed by atoms with van der Waals surface area (Å²) in [7, 11) is 0. The van der Waals surface area contributed by atoms with Crippen LogP contribution in [-0.4, -0.2) is 54.6 Å². The third-order valence-corrected chi connectivity index (χ3v) is 5.23. The molecule has 2 aromatic heterocycles. The van der Waals surface area contributed by atoms with Gasteiger partial charge >= 0.3 is 12.1 Å². The van der Waals surface area contributed by atoms with Crippen LogP contribution in [0.1, 0.15) is 42.5 Å². The fourth-order valence-electron chi connectivity index (χ4n) is 3.43. The van der Waals surface area contributed by atoms with Gasteiger partial charge in [0, 0.05) is 30.9 Å². The Kier molecular flexibility index (Phi) is 4.80. The Balaban J connectivity index is 1.77. The Morgan fingerprint density at radius 3 is 2.50 bits per heavy atom. The number of nitrogens with zero attached hydrogens (tertiary/aromatic N) is 5. The van der Waals surface area contributed by atoms with Gasteiger partial charge in [0.1, 0.15) is 0 Å². The van der Waals surface area contributed by atoms with Crippen molar-refractivity contribution in [3.8, 4) is 0 Å². The summed E-state index contributed by atoms with van der Waals surface area (Å²) < 4.78 is 39.6. The molecule has 0 aromatic carbocycles. The zero-order valence-corrected chi connectivity index (χ0v) is 15.7. The van der Waals surface area contributed by atoms with Crippen LogP contribution in [0, 0.1) is 19.3 Å². The summed E-state index contributed by atoms with van der Waals surface area (Å²) in [5.41, 5.74) is 0.599. The van der Waals surface area contributed by atoms with Crippen LogP contribution in [0.3, 0.4) is 0 Å². The largest absolute Gasteiger partial charge is 0.481 e. The number of likely N-dealkylation sites (tertiary alicyclic amines) is 1. The van der Waals surface area contributed by atoms with Gasteiger partial charge in [-0.15, -0.1) is 5.10 Å². The van der Waals surface area contributed by atoms with Gasteiger partial charge in [-0.3, -0.25) is 9.59 Å². The highest BCUT2D eigenvalue weighted by Crippen LogP contribution is 2.31. The monoisotopic (exact) mass is 399 g/mol. The molecule has 2 aromatic rings. The predicted octanol–water partition coefficient (Wildman–Crippen LogP) is 2.02. The highest BCUT2D eigenvalue weighted by Gasteiger charge is 2.42. The van der Waals surface area contributed by atoms with Crippen molar-refractivity contribution < 1.29 is 27.9 Å². The molecule has 28 heavy (non-hydrogen) atoms. The molecule has 1 fully saturated rings. The van der Waals surface area contributed by atoms with Crippen LogP contribution in [0.2, 0.25) is 0 Å². The average Bonchev–Trinajstić information content (AvgIpc) is 3.19. The maximum absolute atomic E-state index is 12.8. The molecule has 8 nitrogen and oxygen atoms in total. The zero-order chi connectivity index (χ0) is 20.9. The van der Waals surface area contributed by atoms with E-state index in [0.717, 1.165) is 4.52 Å². The second-order valence-corrected chi connectivity index (χ2v) is 7.34. The number of aromatic nitrogens is 4. The third kappa shape index (κ3) is 3.52. The van der Waals surface area contributed by atoms with E-state index >= 15 is 0 Å². The summed E-state index contributed by atoms with van der Waals surface area (Å²) in [6, 6.07) is 0. The minimum atomic E-state index is -4.67. The summed E-state index contributed by atoms with van der Waals surface area (Å²) in [5.74, 6) is -2.54. The average molecular weight is 399 g/mol. The van der Waals surface area contributed by atoms with E-state index in [2.05, 4.69) is 15.1 Å². The molecular weight excluding hydrogens is 379 g/mol. The van der Waals surface area contributed by atoms with Gasteiger partial charge in [0.25, 0.3) is 11.6 Å². The minimum absolute atomic E-state index is 0.103. The maximum atomic E-state index is 12.8. The van der Waals surface area contributed by atoms with Gasteiger partial charge in [0.2, 0.25) is 5.91 Å². The summed E-state index contributed by atoms with van der Waals surface area (Å²) >= 11 is 0. The van der Waals surface area contributed by atoms with E-state index in [-0.39, 0.29) is 31.1 Å². The molecule has 0 radical (unpaired) electrons. The van der Waals surface area contributed by atoms with Crippen molar-refractivity contribution in [3.63, 3.8) is 0 Å². The van der Waals surface area contributed by atoms with Gasteiger partial charge in [0.15, 0.2) is 0 Å². The number of alkyl halides is 3. The van der Waals surface area contributed by atoms with Crippen molar-refractivity contribution in [2.75, 3.05) is 13.1 Å². The van der Waals surface area contributed by atoms with Crippen LogP contribution in [-0.2, 0) is 22.2 Å². The Labute approximate surface area is 158 Å². The lowest BCUT2D eigenvalue weighted by Gasteiger charge is -2.20. The van der Waals surface area contributed by atoms with Gasteiger partial charge in [-0.2, -0.15) is 18.2 Å². The Morgan fingerprint density at radius 2 is 1.93 bits per heavy atom. The number of carboxylic acid groups (broad SMARTS) is 1.